The molecule has 0 radical (unpaired) electrons. The molecular formula is C10H15ClO. The van der Waals surface area contributed by atoms with Crippen LogP contribution in [0.2, 0.25) is 0 Å². The van der Waals surface area contributed by atoms with Crippen LogP contribution in [0.5, 0.6) is 0 Å². The molecule has 0 aromatic carbocycles. The van der Waals surface area contributed by atoms with E-state index in [2.05, 4.69) is 0 Å². The van der Waals surface area contributed by atoms with Gasteiger partial charge in [-0.1, -0.05) is 0 Å². The van der Waals surface area contributed by atoms with Gasteiger partial charge in [0, 0.05) is 11.3 Å². The average molecular weight is 187 g/mol. The van der Waals surface area contributed by atoms with Crippen molar-refractivity contribution in [2.24, 2.45) is 23.7 Å². The first-order chi connectivity index (χ1) is 5.75. The molecule has 0 saturated heterocycles. The molecule has 4 bridgehead atoms. The van der Waals surface area contributed by atoms with E-state index >= 15 is 0 Å². The Morgan fingerprint density at radius 3 is 2.58 bits per heavy atom. The molecule has 4 rings (SSSR count). The Balaban J connectivity index is 1.93. The lowest BCUT2D eigenvalue weighted by Gasteiger charge is -2.55. The van der Waals surface area contributed by atoms with E-state index in [-0.39, 0.29) is 11.5 Å². The number of rotatable bonds is 0. The summed E-state index contributed by atoms with van der Waals surface area (Å²) in [7, 11) is 0. The van der Waals surface area contributed by atoms with Crippen LogP contribution in [0.3, 0.4) is 0 Å². The minimum absolute atomic E-state index is 0.0692. The van der Waals surface area contributed by atoms with Crippen LogP contribution in [-0.2, 0) is 0 Å². The van der Waals surface area contributed by atoms with Gasteiger partial charge in [0.1, 0.15) is 0 Å². The van der Waals surface area contributed by atoms with Crippen LogP contribution in [0.1, 0.15) is 25.7 Å². The van der Waals surface area contributed by atoms with Crippen molar-refractivity contribution in [1.29, 1.82) is 0 Å². The third kappa shape index (κ3) is 0.843. The zero-order chi connectivity index (χ0) is 8.29. The van der Waals surface area contributed by atoms with Crippen molar-refractivity contribution in [3.8, 4) is 0 Å². The number of hydrogen-bond donors (Lipinski definition) is 1. The molecule has 6 atom stereocenters. The Morgan fingerprint density at radius 2 is 1.75 bits per heavy atom. The Bertz CT molecular complexity index is 188. The van der Waals surface area contributed by atoms with Gasteiger partial charge in [0.05, 0.1) is 6.10 Å². The Morgan fingerprint density at radius 1 is 1.00 bits per heavy atom. The van der Waals surface area contributed by atoms with Crippen LogP contribution in [0.4, 0.5) is 0 Å². The fraction of sp³-hybridized carbons (Fsp3) is 1.00. The van der Waals surface area contributed by atoms with Crippen LogP contribution in [0, 0.1) is 23.7 Å². The monoisotopic (exact) mass is 186 g/mol. The molecule has 4 aliphatic rings. The highest BCUT2D eigenvalue weighted by Gasteiger charge is 2.52. The topological polar surface area (TPSA) is 20.2 Å². The summed E-state index contributed by atoms with van der Waals surface area (Å²) in [5.41, 5.74) is 0. The van der Waals surface area contributed by atoms with Crippen molar-refractivity contribution in [2.45, 2.75) is 37.2 Å². The van der Waals surface area contributed by atoms with E-state index in [9.17, 15) is 5.11 Å². The number of aliphatic hydroxyl groups is 1. The standard InChI is InChI=1S/C10H15ClO/c11-9-6-1-5-2-7(4-6)10(12)8(9)3-5/h5-10,12H,1-4H2/t5?,6?,7?,8?,9-,10-/m1/s1. The smallest absolute Gasteiger partial charge is 0.0611 e. The Labute approximate surface area is 78.1 Å². The summed E-state index contributed by atoms with van der Waals surface area (Å²) < 4.78 is 0. The fourth-order valence-electron chi connectivity index (χ4n) is 3.81. The predicted octanol–water partition coefficient (Wildman–Crippen LogP) is 2.02. The van der Waals surface area contributed by atoms with E-state index in [1.165, 1.54) is 25.7 Å². The molecule has 0 aromatic rings. The molecule has 1 nitrogen and oxygen atoms in total. The summed E-state index contributed by atoms with van der Waals surface area (Å²) in [5, 5.41) is 10.2. The molecule has 0 amide bonds. The molecule has 0 spiro atoms. The lowest BCUT2D eigenvalue weighted by molar-refractivity contribution is -0.0886. The van der Waals surface area contributed by atoms with Gasteiger partial charge in [-0.2, -0.15) is 0 Å². The van der Waals surface area contributed by atoms with Crippen molar-refractivity contribution in [1.82, 2.24) is 0 Å². The number of alkyl halides is 1. The van der Waals surface area contributed by atoms with Gasteiger partial charge in [-0.3, -0.25) is 0 Å². The van der Waals surface area contributed by atoms with Crippen molar-refractivity contribution >= 4 is 11.6 Å². The molecule has 0 aliphatic heterocycles. The highest BCUT2D eigenvalue weighted by atomic mass is 35.5. The summed E-state index contributed by atoms with van der Waals surface area (Å²) >= 11 is 6.31. The van der Waals surface area contributed by atoms with Gasteiger partial charge in [-0.25, -0.2) is 0 Å². The molecular weight excluding hydrogens is 172 g/mol. The van der Waals surface area contributed by atoms with Gasteiger partial charge < -0.3 is 5.11 Å². The number of aliphatic hydroxyl groups excluding tert-OH is 1. The molecule has 2 heteroatoms. The molecule has 0 aromatic heterocycles. The number of hydrogen-bond acceptors (Lipinski definition) is 1. The number of halogens is 1. The predicted molar refractivity (Wildman–Crippen MR) is 48.1 cm³/mol. The van der Waals surface area contributed by atoms with Gasteiger partial charge in [0.15, 0.2) is 0 Å². The first-order valence-corrected chi connectivity index (χ1v) is 5.51. The van der Waals surface area contributed by atoms with Crippen molar-refractivity contribution in [3.05, 3.63) is 0 Å². The van der Waals surface area contributed by atoms with E-state index in [0.717, 1.165) is 11.8 Å². The maximum absolute atomic E-state index is 9.91. The lowest BCUT2D eigenvalue weighted by Crippen LogP contribution is -2.54. The van der Waals surface area contributed by atoms with Crippen molar-refractivity contribution in [3.63, 3.8) is 0 Å². The maximum Gasteiger partial charge on any atom is 0.0611 e. The zero-order valence-corrected chi connectivity index (χ0v) is 7.87. The normalized spacial score (nSPS) is 62.5. The van der Waals surface area contributed by atoms with E-state index < -0.39 is 0 Å². The molecule has 0 heterocycles. The molecule has 4 unspecified atom stereocenters. The second-order valence-electron chi connectivity index (χ2n) is 4.93. The molecule has 12 heavy (non-hydrogen) atoms. The SMILES string of the molecule is O[C@@H]1C2CC3CC(C2)[C@@H](Cl)C1C3. The summed E-state index contributed by atoms with van der Waals surface area (Å²) in [4.78, 5) is 0. The lowest BCUT2D eigenvalue weighted by atomic mass is 9.55. The zero-order valence-electron chi connectivity index (χ0n) is 7.12. The van der Waals surface area contributed by atoms with E-state index in [0.29, 0.717) is 11.8 Å². The first kappa shape index (κ1) is 7.64. The molecule has 4 fully saturated rings. The summed E-state index contributed by atoms with van der Waals surface area (Å²) in [6.07, 6.45) is 4.94. The van der Waals surface area contributed by atoms with Crippen LogP contribution in [0.15, 0.2) is 0 Å². The Hall–Kier alpha value is 0.250. The van der Waals surface area contributed by atoms with Gasteiger partial charge in [0.2, 0.25) is 0 Å². The second-order valence-corrected chi connectivity index (χ2v) is 5.43. The van der Waals surface area contributed by atoms with E-state index in [1.54, 1.807) is 0 Å². The molecule has 1 N–H and O–H groups in total. The second kappa shape index (κ2) is 2.39. The third-order valence-electron chi connectivity index (χ3n) is 4.26. The summed E-state index contributed by atoms with van der Waals surface area (Å²) in [5.74, 6) is 2.67. The van der Waals surface area contributed by atoms with E-state index in [1.807, 2.05) is 0 Å². The third-order valence-corrected chi connectivity index (χ3v) is 4.94. The van der Waals surface area contributed by atoms with Gasteiger partial charge in [-0.15, -0.1) is 11.6 Å². The quantitative estimate of drug-likeness (QED) is 0.574. The van der Waals surface area contributed by atoms with E-state index in [4.69, 9.17) is 11.6 Å². The Kier molecular flexibility index (Phi) is 1.52. The van der Waals surface area contributed by atoms with Crippen LogP contribution < -0.4 is 0 Å². The largest absolute Gasteiger partial charge is 0.392 e. The van der Waals surface area contributed by atoms with Gasteiger partial charge in [0.25, 0.3) is 0 Å². The highest BCUT2D eigenvalue weighted by molar-refractivity contribution is 6.21. The van der Waals surface area contributed by atoms with Crippen LogP contribution >= 0.6 is 11.6 Å². The minimum Gasteiger partial charge on any atom is -0.392 e. The van der Waals surface area contributed by atoms with Crippen LogP contribution in [-0.4, -0.2) is 16.6 Å². The van der Waals surface area contributed by atoms with Gasteiger partial charge >= 0.3 is 0 Å². The maximum atomic E-state index is 9.91. The summed E-state index contributed by atoms with van der Waals surface area (Å²) in [6.45, 7) is 0. The first-order valence-electron chi connectivity index (χ1n) is 5.08. The fourth-order valence-corrected chi connectivity index (χ4v) is 4.26. The van der Waals surface area contributed by atoms with Crippen molar-refractivity contribution in [2.75, 3.05) is 0 Å². The van der Waals surface area contributed by atoms with Crippen molar-refractivity contribution < 1.29 is 5.11 Å². The average Bonchev–Trinajstić information content (AvgIpc) is 2.07. The molecule has 68 valence electrons. The highest BCUT2D eigenvalue weighted by Crippen LogP contribution is 2.55. The summed E-state index contributed by atoms with van der Waals surface area (Å²) in [6, 6.07) is 0. The molecule has 4 saturated carbocycles. The minimum atomic E-state index is -0.0692. The van der Waals surface area contributed by atoms with Gasteiger partial charge in [-0.05, 0) is 43.4 Å². The van der Waals surface area contributed by atoms with Crippen LogP contribution in [0.25, 0.3) is 0 Å². The molecule has 4 aliphatic carbocycles.